The summed E-state index contributed by atoms with van der Waals surface area (Å²) in [5, 5.41) is 8.70. The molecule has 1 N–H and O–H groups in total. The zero-order chi connectivity index (χ0) is 15.4. The van der Waals surface area contributed by atoms with E-state index in [9.17, 15) is 14.4 Å². The number of carbonyl (C=O) groups excluding carboxylic acids is 2. The van der Waals surface area contributed by atoms with Crippen LogP contribution in [0.5, 0.6) is 0 Å². The molecule has 0 atom stereocenters. The molecular formula is C16H17NO4. The van der Waals surface area contributed by atoms with Crippen LogP contribution in [0.3, 0.4) is 0 Å². The van der Waals surface area contributed by atoms with Crippen molar-refractivity contribution in [3.8, 4) is 0 Å². The topological polar surface area (TPSA) is 74.7 Å². The summed E-state index contributed by atoms with van der Waals surface area (Å²) in [7, 11) is 0. The minimum Gasteiger partial charge on any atom is -0.478 e. The quantitative estimate of drug-likeness (QED) is 0.684. The fourth-order valence-electron chi connectivity index (χ4n) is 2.31. The molecular weight excluding hydrogens is 270 g/mol. The first-order chi connectivity index (χ1) is 9.99. The van der Waals surface area contributed by atoms with Gasteiger partial charge < -0.3 is 5.11 Å². The Bertz CT molecular complexity index is 601. The van der Waals surface area contributed by atoms with Gasteiger partial charge in [-0.05, 0) is 49.1 Å². The van der Waals surface area contributed by atoms with Crippen molar-refractivity contribution >= 4 is 29.5 Å². The molecule has 5 heteroatoms. The molecule has 1 aromatic rings. The van der Waals surface area contributed by atoms with E-state index in [1.54, 1.807) is 18.2 Å². The van der Waals surface area contributed by atoms with Crippen molar-refractivity contribution in [3.63, 3.8) is 0 Å². The first-order valence-electron chi connectivity index (χ1n) is 6.86. The molecule has 0 unspecified atom stereocenters. The molecule has 2 amide bonds. The van der Waals surface area contributed by atoms with Crippen molar-refractivity contribution in [2.75, 3.05) is 4.90 Å². The Morgan fingerprint density at radius 2 is 1.81 bits per heavy atom. The average molecular weight is 287 g/mol. The number of amides is 2. The Labute approximate surface area is 122 Å². The first-order valence-corrected chi connectivity index (χ1v) is 6.86. The second kappa shape index (κ2) is 6.35. The molecule has 1 saturated heterocycles. The third kappa shape index (κ3) is 3.56. The first kappa shape index (κ1) is 15.0. The van der Waals surface area contributed by atoms with E-state index >= 15 is 0 Å². The van der Waals surface area contributed by atoms with Crippen molar-refractivity contribution in [1.82, 2.24) is 0 Å². The molecule has 0 saturated carbocycles. The fraction of sp³-hybridized carbons (Fsp3) is 0.312. The lowest BCUT2D eigenvalue weighted by Gasteiger charge is -2.19. The van der Waals surface area contributed by atoms with Crippen LogP contribution in [0.25, 0.3) is 6.08 Å². The summed E-state index contributed by atoms with van der Waals surface area (Å²) >= 11 is 0. The van der Waals surface area contributed by atoms with Gasteiger partial charge >= 0.3 is 5.97 Å². The molecule has 0 bridgehead atoms. The van der Waals surface area contributed by atoms with E-state index < -0.39 is 5.97 Å². The number of anilines is 1. The van der Waals surface area contributed by atoms with Gasteiger partial charge in [0.25, 0.3) is 0 Å². The van der Waals surface area contributed by atoms with Crippen LogP contribution >= 0.6 is 0 Å². The molecule has 5 nitrogen and oxygen atoms in total. The largest absolute Gasteiger partial charge is 0.478 e. The van der Waals surface area contributed by atoms with Crippen molar-refractivity contribution < 1.29 is 19.5 Å². The van der Waals surface area contributed by atoms with Gasteiger partial charge in [0.1, 0.15) is 0 Å². The normalized spacial score (nSPS) is 16.3. The van der Waals surface area contributed by atoms with Crippen LogP contribution in [-0.2, 0) is 14.4 Å². The molecule has 2 rings (SSSR count). The van der Waals surface area contributed by atoms with Crippen LogP contribution in [0, 0.1) is 6.92 Å². The second-order valence-corrected chi connectivity index (χ2v) is 5.04. The molecule has 21 heavy (non-hydrogen) atoms. The highest BCUT2D eigenvalue weighted by atomic mass is 16.4. The van der Waals surface area contributed by atoms with Crippen LogP contribution in [-0.4, -0.2) is 22.9 Å². The Kier molecular flexibility index (Phi) is 4.52. The van der Waals surface area contributed by atoms with Crippen LogP contribution in [0.2, 0.25) is 0 Å². The molecule has 0 spiro atoms. The predicted octanol–water partition coefficient (Wildman–Crippen LogP) is 2.53. The number of hydrogen-bond acceptors (Lipinski definition) is 3. The van der Waals surface area contributed by atoms with E-state index in [0.29, 0.717) is 24.1 Å². The molecule has 1 aromatic carbocycles. The SMILES string of the molecule is Cc1ccc(N2C(=O)CCCCC2=O)cc1C=CC(=O)O. The van der Waals surface area contributed by atoms with Crippen molar-refractivity contribution in [3.05, 3.63) is 35.4 Å². The molecule has 1 fully saturated rings. The van der Waals surface area contributed by atoms with Gasteiger partial charge in [-0.15, -0.1) is 0 Å². The van der Waals surface area contributed by atoms with Crippen molar-refractivity contribution in [2.45, 2.75) is 32.6 Å². The number of aliphatic carboxylic acids is 1. The number of nitrogens with zero attached hydrogens (tertiary/aromatic N) is 1. The van der Waals surface area contributed by atoms with Crippen LogP contribution in [0.4, 0.5) is 5.69 Å². The molecule has 1 aliphatic rings. The van der Waals surface area contributed by atoms with Crippen LogP contribution < -0.4 is 4.90 Å². The number of carboxylic acid groups (broad SMARTS) is 1. The Morgan fingerprint density at radius 1 is 1.19 bits per heavy atom. The lowest BCUT2D eigenvalue weighted by Crippen LogP contribution is -2.35. The predicted molar refractivity (Wildman–Crippen MR) is 78.8 cm³/mol. The summed E-state index contributed by atoms with van der Waals surface area (Å²) in [4.78, 5) is 36.0. The summed E-state index contributed by atoms with van der Waals surface area (Å²) in [6, 6.07) is 5.17. The minimum absolute atomic E-state index is 0.200. The average Bonchev–Trinajstić information content (AvgIpc) is 2.59. The number of benzene rings is 1. The summed E-state index contributed by atoms with van der Waals surface area (Å²) in [6.45, 7) is 1.84. The van der Waals surface area contributed by atoms with Gasteiger partial charge in [0.2, 0.25) is 11.8 Å². The second-order valence-electron chi connectivity index (χ2n) is 5.04. The highest BCUT2D eigenvalue weighted by Crippen LogP contribution is 2.24. The third-order valence-corrected chi connectivity index (χ3v) is 3.46. The number of hydrogen-bond donors (Lipinski definition) is 1. The van der Waals surface area contributed by atoms with E-state index in [4.69, 9.17) is 5.11 Å². The smallest absolute Gasteiger partial charge is 0.328 e. The van der Waals surface area contributed by atoms with E-state index in [-0.39, 0.29) is 11.8 Å². The number of imide groups is 1. The fourth-order valence-corrected chi connectivity index (χ4v) is 2.31. The van der Waals surface area contributed by atoms with E-state index in [1.807, 2.05) is 6.92 Å². The van der Waals surface area contributed by atoms with Gasteiger partial charge in [-0.1, -0.05) is 6.07 Å². The van der Waals surface area contributed by atoms with E-state index in [0.717, 1.165) is 24.5 Å². The van der Waals surface area contributed by atoms with Gasteiger partial charge in [0.15, 0.2) is 0 Å². The molecule has 0 aromatic heterocycles. The maximum absolute atomic E-state index is 12.1. The monoisotopic (exact) mass is 287 g/mol. The van der Waals surface area contributed by atoms with Gasteiger partial charge in [0.05, 0.1) is 5.69 Å². The molecule has 1 aliphatic heterocycles. The highest BCUT2D eigenvalue weighted by Gasteiger charge is 2.25. The number of carboxylic acids is 1. The maximum atomic E-state index is 12.1. The maximum Gasteiger partial charge on any atom is 0.328 e. The van der Waals surface area contributed by atoms with Gasteiger partial charge in [-0.25, -0.2) is 4.79 Å². The molecule has 110 valence electrons. The van der Waals surface area contributed by atoms with E-state index in [2.05, 4.69) is 0 Å². The van der Waals surface area contributed by atoms with Gasteiger partial charge in [-0.3, -0.25) is 14.5 Å². The Hall–Kier alpha value is -2.43. The van der Waals surface area contributed by atoms with E-state index in [1.165, 1.54) is 11.0 Å². The molecule has 0 aliphatic carbocycles. The molecule has 1 heterocycles. The van der Waals surface area contributed by atoms with Crippen molar-refractivity contribution in [2.24, 2.45) is 0 Å². The molecule has 0 radical (unpaired) electrons. The third-order valence-electron chi connectivity index (χ3n) is 3.46. The Balaban J connectivity index is 2.39. The summed E-state index contributed by atoms with van der Waals surface area (Å²) < 4.78 is 0. The van der Waals surface area contributed by atoms with Crippen molar-refractivity contribution in [1.29, 1.82) is 0 Å². The van der Waals surface area contributed by atoms with Crippen LogP contribution in [0.1, 0.15) is 36.8 Å². The van der Waals surface area contributed by atoms with Gasteiger partial charge in [-0.2, -0.15) is 0 Å². The highest BCUT2D eigenvalue weighted by molar-refractivity contribution is 6.15. The Morgan fingerprint density at radius 3 is 2.38 bits per heavy atom. The number of carbonyl (C=O) groups is 3. The summed E-state index contributed by atoms with van der Waals surface area (Å²) in [6.07, 6.45) is 4.67. The lowest BCUT2D eigenvalue weighted by molar-refractivity contribution is -0.131. The van der Waals surface area contributed by atoms with Gasteiger partial charge in [0, 0.05) is 18.9 Å². The number of aryl methyl sites for hydroxylation is 1. The number of rotatable bonds is 3. The zero-order valence-corrected chi connectivity index (χ0v) is 11.8. The summed E-state index contributed by atoms with van der Waals surface area (Å²) in [5.74, 6) is -1.44. The lowest BCUT2D eigenvalue weighted by atomic mass is 10.1. The standard InChI is InChI=1S/C16H17NO4/c1-11-6-8-13(10-12(11)7-9-16(20)21)17-14(18)4-2-3-5-15(17)19/h6-10H,2-5H2,1H3,(H,20,21). The minimum atomic E-state index is -1.04. The zero-order valence-electron chi connectivity index (χ0n) is 11.8. The van der Waals surface area contributed by atoms with Crippen LogP contribution in [0.15, 0.2) is 24.3 Å². The summed E-state index contributed by atoms with van der Waals surface area (Å²) in [5.41, 5.74) is 2.06.